The van der Waals surface area contributed by atoms with Crippen LogP contribution in [0.4, 0.5) is 0 Å². The minimum absolute atomic E-state index is 0.0162. The van der Waals surface area contributed by atoms with Gasteiger partial charge in [0, 0.05) is 19.2 Å². The number of amides is 1. The minimum Gasteiger partial charge on any atom is -0.352 e. The summed E-state index contributed by atoms with van der Waals surface area (Å²) in [5.74, 6) is 0.326. The Morgan fingerprint density at radius 3 is 2.40 bits per heavy atom. The fourth-order valence-electron chi connectivity index (χ4n) is 1.64. The zero-order valence-corrected chi connectivity index (χ0v) is 12.7. The van der Waals surface area contributed by atoms with Gasteiger partial charge in [0.25, 0.3) is 0 Å². The van der Waals surface area contributed by atoms with Gasteiger partial charge >= 0.3 is 0 Å². The molecule has 1 amide bonds. The predicted molar refractivity (Wildman–Crippen MR) is 78.9 cm³/mol. The van der Waals surface area contributed by atoms with Crippen molar-refractivity contribution in [2.24, 2.45) is 11.7 Å². The van der Waals surface area contributed by atoms with E-state index in [1.807, 2.05) is 6.92 Å². The Hall–Kier alpha value is -1.40. The number of carbonyl (C=O) groups excluding carboxylic acids is 1. The lowest BCUT2D eigenvalue weighted by Crippen LogP contribution is -2.24. The van der Waals surface area contributed by atoms with E-state index < -0.39 is 9.84 Å². The molecule has 0 aliphatic rings. The van der Waals surface area contributed by atoms with Gasteiger partial charge in [0.15, 0.2) is 9.84 Å². The van der Waals surface area contributed by atoms with E-state index in [1.165, 1.54) is 6.26 Å². The molecule has 1 unspecified atom stereocenters. The molecule has 1 aromatic carbocycles. The molecule has 0 fully saturated rings. The number of sulfone groups is 1. The first-order valence-electron chi connectivity index (χ1n) is 6.58. The first kappa shape index (κ1) is 16.7. The van der Waals surface area contributed by atoms with Crippen LogP contribution in [0.1, 0.15) is 25.3 Å². The SMILES string of the molecule is CC(CN)CCC(=O)NCc1ccc(S(C)(=O)=O)cc1. The Morgan fingerprint density at radius 2 is 1.90 bits per heavy atom. The summed E-state index contributed by atoms with van der Waals surface area (Å²) in [6.45, 7) is 3.00. The number of hydrogen-bond acceptors (Lipinski definition) is 4. The molecule has 0 aromatic heterocycles. The van der Waals surface area contributed by atoms with Crippen LogP contribution in [0.3, 0.4) is 0 Å². The highest BCUT2D eigenvalue weighted by Crippen LogP contribution is 2.10. The lowest BCUT2D eigenvalue weighted by molar-refractivity contribution is -0.121. The molecular weight excluding hydrogens is 276 g/mol. The van der Waals surface area contributed by atoms with Crippen molar-refractivity contribution < 1.29 is 13.2 Å². The maximum Gasteiger partial charge on any atom is 0.220 e. The monoisotopic (exact) mass is 298 g/mol. The fourth-order valence-corrected chi connectivity index (χ4v) is 2.27. The Balaban J connectivity index is 2.44. The molecule has 0 bridgehead atoms. The lowest BCUT2D eigenvalue weighted by atomic mass is 10.1. The number of nitrogens with two attached hydrogens (primary N) is 1. The molecule has 0 radical (unpaired) electrons. The maximum atomic E-state index is 11.6. The topological polar surface area (TPSA) is 89.3 Å². The number of carbonyl (C=O) groups is 1. The molecule has 112 valence electrons. The Bertz CT molecular complexity index is 538. The van der Waals surface area contributed by atoms with Gasteiger partial charge in [0.1, 0.15) is 0 Å². The maximum absolute atomic E-state index is 11.6. The van der Waals surface area contributed by atoms with E-state index in [9.17, 15) is 13.2 Å². The highest BCUT2D eigenvalue weighted by atomic mass is 32.2. The van der Waals surface area contributed by atoms with Crippen LogP contribution in [0.2, 0.25) is 0 Å². The summed E-state index contributed by atoms with van der Waals surface area (Å²) in [5.41, 5.74) is 6.36. The second-order valence-electron chi connectivity index (χ2n) is 5.07. The smallest absolute Gasteiger partial charge is 0.220 e. The third kappa shape index (κ3) is 5.71. The molecule has 5 nitrogen and oxygen atoms in total. The third-order valence-corrected chi connectivity index (χ3v) is 4.24. The van der Waals surface area contributed by atoms with Crippen LogP contribution in [0.25, 0.3) is 0 Å². The van der Waals surface area contributed by atoms with E-state index in [2.05, 4.69) is 5.32 Å². The van der Waals surface area contributed by atoms with Crippen molar-refractivity contribution in [1.29, 1.82) is 0 Å². The van der Waals surface area contributed by atoms with Gasteiger partial charge < -0.3 is 11.1 Å². The first-order chi connectivity index (χ1) is 9.32. The summed E-state index contributed by atoms with van der Waals surface area (Å²) in [7, 11) is -3.17. The van der Waals surface area contributed by atoms with Crippen LogP contribution in [-0.2, 0) is 21.2 Å². The molecule has 20 heavy (non-hydrogen) atoms. The molecule has 0 aliphatic heterocycles. The molecule has 1 aromatic rings. The van der Waals surface area contributed by atoms with Crippen molar-refractivity contribution >= 4 is 15.7 Å². The van der Waals surface area contributed by atoms with Crippen LogP contribution in [0.15, 0.2) is 29.2 Å². The van der Waals surface area contributed by atoms with Crippen molar-refractivity contribution in [3.8, 4) is 0 Å². The van der Waals surface area contributed by atoms with Crippen molar-refractivity contribution in [1.82, 2.24) is 5.32 Å². The summed E-state index contributed by atoms with van der Waals surface area (Å²) in [6.07, 6.45) is 2.40. The van der Waals surface area contributed by atoms with E-state index in [4.69, 9.17) is 5.73 Å². The van der Waals surface area contributed by atoms with E-state index in [-0.39, 0.29) is 10.8 Å². The number of rotatable bonds is 7. The van der Waals surface area contributed by atoms with E-state index in [1.54, 1.807) is 24.3 Å². The van der Waals surface area contributed by atoms with Gasteiger partial charge in [-0.3, -0.25) is 4.79 Å². The van der Waals surface area contributed by atoms with Gasteiger partial charge in [-0.15, -0.1) is 0 Å². The molecule has 3 N–H and O–H groups in total. The average Bonchev–Trinajstić information content (AvgIpc) is 2.41. The fraction of sp³-hybridized carbons (Fsp3) is 0.500. The number of benzene rings is 1. The first-order valence-corrected chi connectivity index (χ1v) is 8.48. The van der Waals surface area contributed by atoms with Gasteiger partial charge in [0.05, 0.1) is 4.90 Å². The van der Waals surface area contributed by atoms with Crippen molar-refractivity contribution in [2.45, 2.75) is 31.2 Å². The third-order valence-electron chi connectivity index (χ3n) is 3.11. The van der Waals surface area contributed by atoms with Crippen LogP contribution in [-0.4, -0.2) is 27.1 Å². The van der Waals surface area contributed by atoms with Crippen molar-refractivity contribution in [3.63, 3.8) is 0 Å². The molecular formula is C14H22N2O3S. The summed E-state index contributed by atoms with van der Waals surface area (Å²) in [6, 6.07) is 6.51. The Morgan fingerprint density at radius 1 is 1.30 bits per heavy atom. The normalized spacial score (nSPS) is 12.9. The molecule has 1 rings (SSSR count). The van der Waals surface area contributed by atoms with Gasteiger partial charge in [-0.2, -0.15) is 0 Å². The van der Waals surface area contributed by atoms with E-state index in [0.29, 0.717) is 25.4 Å². The molecule has 1 atom stereocenters. The van der Waals surface area contributed by atoms with Crippen LogP contribution >= 0.6 is 0 Å². The van der Waals surface area contributed by atoms with Crippen LogP contribution in [0, 0.1) is 5.92 Å². The molecule has 0 aliphatic carbocycles. The van der Waals surface area contributed by atoms with Gasteiger partial charge in [-0.25, -0.2) is 8.42 Å². The summed E-state index contributed by atoms with van der Waals surface area (Å²) in [5, 5.41) is 2.81. The Kier molecular flexibility index (Phi) is 6.16. The minimum atomic E-state index is -3.17. The average molecular weight is 298 g/mol. The molecule has 0 heterocycles. The zero-order valence-electron chi connectivity index (χ0n) is 11.9. The second kappa shape index (κ2) is 7.40. The summed E-state index contributed by atoms with van der Waals surface area (Å²) in [4.78, 5) is 11.9. The summed E-state index contributed by atoms with van der Waals surface area (Å²) < 4.78 is 22.6. The van der Waals surface area contributed by atoms with E-state index in [0.717, 1.165) is 12.0 Å². The van der Waals surface area contributed by atoms with Crippen molar-refractivity contribution in [3.05, 3.63) is 29.8 Å². The standard InChI is InChI=1S/C14H22N2O3S/c1-11(9-15)3-8-14(17)16-10-12-4-6-13(7-5-12)20(2,18)19/h4-7,11H,3,8-10,15H2,1-2H3,(H,16,17). The van der Waals surface area contributed by atoms with Crippen LogP contribution in [0.5, 0.6) is 0 Å². The highest BCUT2D eigenvalue weighted by molar-refractivity contribution is 7.90. The molecule has 0 saturated heterocycles. The Labute approximate surface area is 120 Å². The largest absolute Gasteiger partial charge is 0.352 e. The molecule has 0 spiro atoms. The van der Waals surface area contributed by atoms with Gasteiger partial charge in [0.2, 0.25) is 5.91 Å². The van der Waals surface area contributed by atoms with Gasteiger partial charge in [-0.1, -0.05) is 19.1 Å². The summed E-state index contributed by atoms with van der Waals surface area (Å²) >= 11 is 0. The molecule has 0 saturated carbocycles. The van der Waals surface area contributed by atoms with E-state index >= 15 is 0 Å². The van der Waals surface area contributed by atoms with Gasteiger partial charge in [-0.05, 0) is 36.6 Å². The zero-order chi connectivity index (χ0) is 15.2. The van der Waals surface area contributed by atoms with Crippen molar-refractivity contribution in [2.75, 3.05) is 12.8 Å². The quantitative estimate of drug-likeness (QED) is 0.788. The second-order valence-corrected chi connectivity index (χ2v) is 7.09. The molecule has 6 heteroatoms. The predicted octanol–water partition coefficient (Wildman–Crippen LogP) is 1.08. The highest BCUT2D eigenvalue weighted by Gasteiger charge is 2.07. The number of hydrogen-bond donors (Lipinski definition) is 2. The van der Waals surface area contributed by atoms with Crippen LogP contribution < -0.4 is 11.1 Å². The lowest BCUT2D eigenvalue weighted by Gasteiger charge is -2.09. The number of nitrogens with one attached hydrogen (secondary N) is 1.